The number of aromatic nitrogens is 1. The molecule has 128 valence electrons. The average molecular weight is 344 g/mol. The topological polar surface area (TPSA) is 42.4 Å². The number of likely N-dealkylation sites (tertiary alicyclic amines) is 1. The first-order chi connectivity index (χ1) is 11.6. The maximum atomic E-state index is 12.8. The molecule has 1 atom stereocenters. The second-order valence-corrected chi connectivity index (χ2v) is 7.42. The van der Waals surface area contributed by atoms with E-state index in [1.165, 1.54) is 0 Å². The molecule has 1 fully saturated rings. The number of benzene rings is 1. The molecule has 0 radical (unpaired) electrons. The van der Waals surface area contributed by atoms with E-state index in [2.05, 4.69) is 24.9 Å². The number of methoxy groups -OCH3 is 1. The van der Waals surface area contributed by atoms with Crippen LogP contribution in [0.1, 0.15) is 54.9 Å². The van der Waals surface area contributed by atoms with Crippen LogP contribution >= 0.6 is 11.3 Å². The molecule has 1 aliphatic heterocycles. The predicted octanol–water partition coefficient (Wildman–Crippen LogP) is 4.18. The lowest BCUT2D eigenvalue weighted by atomic mass is 10.0. The molecule has 4 nitrogen and oxygen atoms in total. The van der Waals surface area contributed by atoms with Crippen molar-refractivity contribution >= 4 is 17.2 Å². The van der Waals surface area contributed by atoms with E-state index in [4.69, 9.17) is 4.74 Å². The number of nitrogens with zero attached hydrogens (tertiary/aromatic N) is 2. The molecule has 1 amide bonds. The van der Waals surface area contributed by atoms with E-state index in [-0.39, 0.29) is 11.9 Å². The summed E-state index contributed by atoms with van der Waals surface area (Å²) >= 11 is 1.65. The molecule has 0 bridgehead atoms. The summed E-state index contributed by atoms with van der Waals surface area (Å²) in [6.45, 7) is 5.08. The number of carbonyl (C=O) groups is 1. The molecule has 1 aromatic carbocycles. The van der Waals surface area contributed by atoms with Gasteiger partial charge >= 0.3 is 0 Å². The smallest absolute Gasteiger partial charge is 0.229 e. The predicted molar refractivity (Wildman–Crippen MR) is 96.6 cm³/mol. The highest BCUT2D eigenvalue weighted by Crippen LogP contribution is 2.34. The molecule has 0 saturated carbocycles. The van der Waals surface area contributed by atoms with Crippen molar-refractivity contribution in [1.29, 1.82) is 0 Å². The fourth-order valence-corrected chi connectivity index (χ4v) is 4.02. The highest BCUT2D eigenvalue weighted by Gasteiger charge is 2.30. The largest absolute Gasteiger partial charge is 0.497 e. The standard InChI is InChI=1S/C19H24N2O2S/c1-13(2)19-20-15(12-24-19)11-18(22)21-9-5-8-17(21)14-6-4-7-16(10-14)23-3/h4,6-7,10,12-13,17H,5,8-9,11H2,1-3H3/t17-/m1/s1. The maximum Gasteiger partial charge on any atom is 0.229 e. The Morgan fingerprint density at radius 1 is 1.46 bits per heavy atom. The minimum Gasteiger partial charge on any atom is -0.497 e. The monoisotopic (exact) mass is 344 g/mol. The first-order valence-corrected chi connectivity index (χ1v) is 9.34. The minimum atomic E-state index is 0.149. The number of ether oxygens (including phenoxy) is 1. The van der Waals surface area contributed by atoms with Gasteiger partial charge in [0.05, 0.1) is 30.3 Å². The van der Waals surface area contributed by atoms with E-state index in [1.807, 2.05) is 28.5 Å². The molecule has 1 aliphatic rings. The van der Waals surface area contributed by atoms with Gasteiger partial charge in [-0.3, -0.25) is 4.79 Å². The average Bonchev–Trinajstić information content (AvgIpc) is 3.24. The van der Waals surface area contributed by atoms with Crippen LogP contribution in [0, 0.1) is 0 Å². The van der Waals surface area contributed by atoms with E-state index >= 15 is 0 Å². The number of rotatable bonds is 5. The lowest BCUT2D eigenvalue weighted by Crippen LogP contribution is -2.31. The van der Waals surface area contributed by atoms with Gasteiger partial charge in [0.15, 0.2) is 0 Å². The van der Waals surface area contributed by atoms with Crippen LogP contribution in [0.2, 0.25) is 0 Å². The van der Waals surface area contributed by atoms with Gasteiger partial charge < -0.3 is 9.64 Å². The van der Waals surface area contributed by atoms with Crippen molar-refractivity contribution in [1.82, 2.24) is 9.88 Å². The van der Waals surface area contributed by atoms with Crippen molar-refractivity contribution in [2.45, 2.75) is 45.1 Å². The van der Waals surface area contributed by atoms with Crippen LogP contribution < -0.4 is 4.74 Å². The van der Waals surface area contributed by atoms with Crippen molar-refractivity contribution in [2.24, 2.45) is 0 Å². The third kappa shape index (κ3) is 3.61. The van der Waals surface area contributed by atoms with Gasteiger partial charge in [-0.1, -0.05) is 26.0 Å². The van der Waals surface area contributed by atoms with Gasteiger partial charge in [-0.05, 0) is 30.5 Å². The Labute approximate surface area is 147 Å². The van der Waals surface area contributed by atoms with Gasteiger partial charge in [-0.25, -0.2) is 4.98 Å². The van der Waals surface area contributed by atoms with Crippen LogP contribution in [0.5, 0.6) is 5.75 Å². The zero-order valence-electron chi connectivity index (χ0n) is 14.5. The van der Waals surface area contributed by atoms with Crippen LogP contribution in [0.3, 0.4) is 0 Å². The number of hydrogen-bond donors (Lipinski definition) is 0. The highest BCUT2D eigenvalue weighted by atomic mass is 32.1. The molecule has 3 rings (SSSR count). The quantitative estimate of drug-likeness (QED) is 0.817. The van der Waals surface area contributed by atoms with Crippen LogP contribution in [-0.4, -0.2) is 29.4 Å². The van der Waals surface area contributed by atoms with Crippen molar-refractivity contribution < 1.29 is 9.53 Å². The number of thiazole rings is 1. The first-order valence-electron chi connectivity index (χ1n) is 8.46. The summed E-state index contributed by atoms with van der Waals surface area (Å²) < 4.78 is 5.32. The zero-order valence-corrected chi connectivity index (χ0v) is 15.3. The van der Waals surface area contributed by atoms with E-state index in [0.717, 1.165) is 41.4 Å². The zero-order chi connectivity index (χ0) is 17.1. The summed E-state index contributed by atoms with van der Waals surface area (Å²) in [5.41, 5.74) is 2.05. The SMILES string of the molecule is COc1cccc([C@H]2CCCN2C(=O)Cc2csc(C(C)C)n2)c1. The Bertz CT molecular complexity index is 711. The molecule has 5 heteroatoms. The Balaban J connectivity index is 1.73. The molecule has 2 aromatic rings. The van der Waals surface area contributed by atoms with Crippen LogP contribution in [0.15, 0.2) is 29.6 Å². The molecule has 2 heterocycles. The Hall–Kier alpha value is -1.88. The van der Waals surface area contributed by atoms with E-state index in [0.29, 0.717) is 12.3 Å². The summed E-state index contributed by atoms with van der Waals surface area (Å²) in [5, 5.41) is 3.12. The van der Waals surface area contributed by atoms with Gasteiger partial charge in [-0.15, -0.1) is 11.3 Å². The molecular formula is C19H24N2O2S. The maximum absolute atomic E-state index is 12.8. The van der Waals surface area contributed by atoms with Crippen molar-refractivity contribution in [3.63, 3.8) is 0 Å². The van der Waals surface area contributed by atoms with Gasteiger partial charge in [-0.2, -0.15) is 0 Å². The van der Waals surface area contributed by atoms with Gasteiger partial charge in [0.2, 0.25) is 5.91 Å². The van der Waals surface area contributed by atoms with Crippen LogP contribution in [0.4, 0.5) is 0 Å². The third-order valence-corrected chi connectivity index (χ3v) is 5.64. The summed E-state index contributed by atoms with van der Waals surface area (Å²) in [4.78, 5) is 19.4. The van der Waals surface area contributed by atoms with Crippen molar-refractivity contribution in [3.8, 4) is 5.75 Å². The number of amides is 1. The fraction of sp³-hybridized carbons (Fsp3) is 0.474. The summed E-state index contributed by atoms with van der Waals surface area (Å²) in [6, 6.07) is 8.20. The second kappa shape index (κ2) is 7.34. The van der Waals surface area contributed by atoms with Crippen LogP contribution in [-0.2, 0) is 11.2 Å². The molecule has 24 heavy (non-hydrogen) atoms. The molecule has 0 spiro atoms. The molecule has 0 N–H and O–H groups in total. The second-order valence-electron chi connectivity index (χ2n) is 6.53. The van der Waals surface area contributed by atoms with Gasteiger partial charge in [0.25, 0.3) is 0 Å². The van der Waals surface area contributed by atoms with Crippen LogP contribution in [0.25, 0.3) is 0 Å². The third-order valence-electron chi connectivity index (χ3n) is 4.45. The fourth-order valence-electron chi connectivity index (χ4n) is 3.19. The number of carbonyl (C=O) groups excluding carboxylic acids is 1. The van der Waals surface area contributed by atoms with Crippen molar-refractivity contribution in [2.75, 3.05) is 13.7 Å². The Kier molecular flexibility index (Phi) is 5.19. The van der Waals surface area contributed by atoms with Crippen molar-refractivity contribution in [3.05, 3.63) is 45.9 Å². The Morgan fingerprint density at radius 2 is 2.29 bits per heavy atom. The first kappa shape index (κ1) is 17.0. The Morgan fingerprint density at radius 3 is 3.00 bits per heavy atom. The molecule has 0 aliphatic carbocycles. The molecule has 1 saturated heterocycles. The lowest BCUT2D eigenvalue weighted by Gasteiger charge is -2.25. The molecule has 1 aromatic heterocycles. The minimum absolute atomic E-state index is 0.149. The van der Waals surface area contributed by atoms with E-state index in [1.54, 1.807) is 18.4 Å². The normalized spacial score (nSPS) is 17.5. The number of hydrogen-bond acceptors (Lipinski definition) is 4. The lowest BCUT2D eigenvalue weighted by molar-refractivity contribution is -0.131. The van der Waals surface area contributed by atoms with E-state index < -0.39 is 0 Å². The molecular weight excluding hydrogens is 320 g/mol. The van der Waals surface area contributed by atoms with E-state index in [9.17, 15) is 4.79 Å². The van der Waals surface area contributed by atoms with Gasteiger partial charge in [0.1, 0.15) is 5.75 Å². The summed E-state index contributed by atoms with van der Waals surface area (Å²) in [5.74, 6) is 1.42. The summed E-state index contributed by atoms with van der Waals surface area (Å²) in [6.07, 6.45) is 2.44. The highest BCUT2D eigenvalue weighted by molar-refractivity contribution is 7.09. The van der Waals surface area contributed by atoms with Gasteiger partial charge in [0, 0.05) is 17.8 Å². The summed E-state index contributed by atoms with van der Waals surface area (Å²) in [7, 11) is 1.67. The molecule has 0 unspecified atom stereocenters.